The third-order valence-electron chi connectivity index (χ3n) is 3.86. The summed E-state index contributed by atoms with van der Waals surface area (Å²) in [6, 6.07) is 2.96. The molecule has 0 bridgehead atoms. The molecule has 24 heavy (non-hydrogen) atoms. The Bertz CT molecular complexity index is 527. The molecule has 2 atom stereocenters. The predicted octanol–water partition coefficient (Wildman–Crippen LogP) is 1.58. The molecule has 2 rings (SSSR count). The molecule has 0 aliphatic carbocycles. The molecule has 0 aromatic heterocycles. The fourth-order valence-electron chi connectivity index (χ4n) is 2.72. The van der Waals surface area contributed by atoms with Crippen LogP contribution in [0.4, 0.5) is 17.6 Å². The lowest BCUT2D eigenvalue weighted by Crippen LogP contribution is -2.21. The summed E-state index contributed by atoms with van der Waals surface area (Å²) in [5.74, 6) is -1.45. The number of aliphatic hydroxyl groups excluding tert-OH is 2. The van der Waals surface area contributed by atoms with Crippen LogP contribution in [0.15, 0.2) is 18.2 Å². The number of likely N-dealkylation sites (tertiary alicyclic amines) is 1. The molecule has 1 saturated heterocycles. The van der Waals surface area contributed by atoms with Crippen molar-refractivity contribution in [1.29, 1.82) is 0 Å². The number of carbonyl (C=O) groups is 1. The molecule has 0 unspecified atom stereocenters. The predicted molar refractivity (Wildman–Crippen MR) is 76.5 cm³/mol. The van der Waals surface area contributed by atoms with Crippen LogP contribution in [0.1, 0.15) is 11.1 Å². The van der Waals surface area contributed by atoms with Gasteiger partial charge in [0.25, 0.3) is 6.47 Å². The summed E-state index contributed by atoms with van der Waals surface area (Å²) < 4.78 is 51.2. The fraction of sp³-hybridized carbons (Fsp3) is 0.533. The number of carboxylic acid groups (broad SMARTS) is 1. The number of alkyl halides is 3. The topological polar surface area (TPSA) is 81.0 Å². The van der Waals surface area contributed by atoms with Gasteiger partial charge < -0.3 is 15.3 Å². The Morgan fingerprint density at radius 2 is 1.67 bits per heavy atom. The zero-order valence-electron chi connectivity index (χ0n) is 12.7. The van der Waals surface area contributed by atoms with Gasteiger partial charge in [0.05, 0.1) is 5.56 Å². The number of hydrogen-bond donors (Lipinski definition) is 3. The molecule has 0 spiro atoms. The molecular weight excluding hydrogens is 334 g/mol. The minimum absolute atomic E-state index is 0.0705. The van der Waals surface area contributed by atoms with Gasteiger partial charge in [-0.2, -0.15) is 13.2 Å². The molecule has 9 heteroatoms. The Balaban J connectivity index is 0.000000891. The number of nitrogens with zero attached hydrogens (tertiary/aromatic N) is 1. The van der Waals surface area contributed by atoms with Crippen LogP contribution in [0.5, 0.6) is 0 Å². The first-order chi connectivity index (χ1) is 11.3. The van der Waals surface area contributed by atoms with Crippen LogP contribution < -0.4 is 0 Å². The van der Waals surface area contributed by atoms with Gasteiger partial charge in [0.2, 0.25) is 0 Å². The van der Waals surface area contributed by atoms with Gasteiger partial charge in [0.1, 0.15) is 5.82 Å². The zero-order chi connectivity index (χ0) is 18.3. The van der Waals surface area contributed by atoms with Crippen molar-refractivity contribution < 1.29 is 37.7 Å². The highest BCUT2D eigenvalue weighted by molar-refractivity contribution is 5.32. The van der Waals surface area contributed by atoms with Crippen LogP contribution in [-0.4, -0.2) is 53.0 Å². The average Bonchev–Trinajstić information content (AvgIpc) is 2.91. The van der Waals surface area contributed by atoms with Crippen molar-refractivity contribution in [3.8, 4) is 0 Å². The summed E-state index contributed by atoms with van der Waals surface area (Å²) in [5, 5.41) is 25.3. The van der Waals surface area contributed by atoms with Crippen molar-refractivity contribution in [2.45, 2.75) is 12.7 Å². The van der Waals surface area contributed by atoms with E-state index in [1.807, 2.05) is 4.90 Å². The highest BCUT2D eigenvalue weighted by Crippen LogP contribution is 2.32. The largest absolute Gasteiger partial charge is 0.483 e. The number of hydrogen-bond acceptors (Lipinski definition) is 4. The molecule has 1 aliphatic rings. The van der Waals surface area contributed by atoms with Crippen LogP contribution in [0.25, 0.3) is 0 Å². The second kappa shape index (κ2) is 8.95. The summed E-state index contributed by atoms with van der Waals surface area (Å²) >= 11 is 0. The standard InChI is InChI=1S/C14H17F4NO2.CH2O2/c15-13-2-1-9(3-12(13)14(16,17)18)4-19-5-10(7-20)11(6-19)8-21;2-1-3/h1-3,10-11,20-21H,4-8H2;1H,(H,2,3)/t10-,11-;/m0./s1. The normalized spacial score (nSPS) is 21.2. The second-order valence-electron chi connectivity index (χ2n) is 5.50. The van der Waals surface area contributed by atoms with Crippen LogP contribution in [0.2, 0.25) is 0 Å². The maximum atomic E-state index is 13.2. The Hall–Kier alpha value is -1.71. The first kappa shape index (κ1) is 20.3. The number of benzene rings is 1. The zero-order valence-corrected chi connectivity index (χ0v) is 12.7. The van der Waals surface area contributed by atoms with Gasteiger partial charge >= 0.3 is 6.18 Å². The van der Waals surface area contributed by atoms with E-state index >= 15 is 0 Å². The lowest BCUT2D eigenvalue weighted by molar-refractivity contribution is -0.140. The first-order valence-corrected chi connectivity index (χ1v) is 7.14. The van der Waals surface area contributed by atoms with Gasteiger partial charge in [-0.1, -0.05) is 6.07 Å². The summed E-state index contributed by atoms with van der Waals surface area (Å²) in [6.07, 6.45) is -4.72. The minimum atomic E-state index is -4.72. The van der Waals surface area contributed by atoms with Gasteiger partial charge in [-0.15, -0.1) is 0 Å². The minimum Gasteiger partial charge on any atom is -0.483 e. The fourth-order valence-corrected chi connectivity index (χ4v) is 2.72. The maximum Gasteiger partial charge on any atom is 0.419 e. The lowest BCUT2D eigenvalue weighted by Gasteiger charge is -2.17. The van der Waals surface area contributed by atoms with E-state index in [-0.39, 0.29) is 38.1 Å². The van der Waals surface area contributed by atoms with Crippen molar-refractivity contribution in [2.24, 2.45) is 11.8 Å². The molecule has 136 valence electrons. The van der Waals surface area contributed by atoms with E-state index in [0.717, 1.165) is 12.1 Å². The molecule has 1 aromatic rings. The molecule has 0 radical (unpaired) electrons. The van der Waals surface area contributed by atoms with Crippen molar-refractivity contribution >= 4 is 6.47 Å². The average molecular weight is 353 g/mol. The van der Waals surface area contributed by atoms with Crippen LogP contribution in [0, 0.1) is 17.7 Å². The SMILES string of the molecule is O=CO.OC[C@@H]1CN(Cc2ccc(F)c(C(F)(F)F)c2)C[C@H]1CO. The van der Waals surface area contributed by atoms with Crippen molar-refractivity contribution in [3.05, 3.63) is 35.1 Å². The number of aliphatic hydroxyl groups is 2. The van der Waals surface area contributed by atoms with Gasteiger partial charge in [0.15, 0.2) is 0 Å². The van der Waals surface area contributed by atoms with Gasteiger partial charge in [-0.3, -0.25) is 9.69 Å². The highest BCUT2D eigenvalue weighted by Gasteiger charge is 2.35. The van der Waals surface area contributed by atoms with E-state index in [0.29, 0.717) is 18.7 Å². The maximum absolute atomic E-state index is 13.2. The summed E-state index contributed by atoms with van der Waals surface area (Å²) in [4.78, 5) is 10.2. The number of rotatable bonds is 4. The van der Waals surface area contributed by atoms with Gasteiger partial charge in [-0.25, -0.2) is 4.39 Å². The van der Waals surface area contributed by atoms with E-state index in [2.05, 4.69) is 0 Å². The number of halogens is 4. The molecule has 1 aromatic carbocycles. The van der Waals surface area contributed by atoms with E-state index in [1.165, 1.54) is 6.07 Å². The van der Waals surface area contributed by atoms with Crippen molar-refractivity contribution in [1.82, 2.24) is 4.90 Å². The third-order valence-corrected chi connectivity index (χ3v) is 3.86. The van der Waals surface area contributed by atoms with E-state index < -0.39 is 17.6 Å². The van der Waals surface area contributed by atoms with E-state index in [4.69, 9.17) is 9.90 Å². The van der Waals surface area contributed by atoms with E-state index in [9.17, 15) is 27.8 Å². The smallest absolute Gasteiger partial charge is 0.419 e. The first-order valence-electron chi connectivity index (χ1n) is 7.14. The third kappa shape index (κ3) is 5.43. The van der Waals surface area contributed by atoms with Gasteiger partial charge in [0, 0.05) is 44.7 Å². The van der Waals surface area contributed by atoms with Crippen LogP contribution in [0.3, 0.4) is 0 Å². The summed E-state index contributed by atoms with van der Waals surface area (Å²) in [5.41, 5.74) is -0.907. The highest BCUT2D eigenvalue weighted by atomic mass is 19.4. The molecule has 0 saturated carbocycles. The Kier molecular flexibility index (Phi) is 7.59. The summed E-state index contributed by atoms with van der Waals surface area (Å²) in [6.45, 7) is 0.842. The molecule has 0 amide bonds. The quantitative estimate of drug-likeness (QED) is 0.566. The Labute approximate surface area is 136 Å². The van der Waals surface area contributed by atoms with Crippen molar-refractivity contribution in [2.75, 3.05) is 26.3 Å². The van der Waals surface area contributed by atoms with Crippen molar-refractivity contribution in [3.63, 3.8) is 0 Å². The molecule has 1 fully saturated rings. The van der Waals surface area contributed by atoms with Crippen LogP contribution >= 0.6 is 0 Å². The Morgan fingerprint density at radius 1 is 1.17 bits per heavy atom. The Morgan fingerprint density at radius 3 is 2.08 bits per heavy atom. The van der Waals surface area contributed by atoms with E-state index in [1.54, 1.807) is 0 Å². The molecule has 5 nitrogen and oxygen atoms in total. The molecule has 1 aliphatic heterocycles. The molecule has 1 heterocycles. The lowest BCUT2D eigenvalue weighted by atomic mass is 9.98. The van der Waals surface area contributed by atoms with Crippen LogP contribution in [-0.2, 0) is 17.5 Å². The summed E-state index contributed by atoms with van der Waals surface area (Å²) in [7, 11) is 0. The monoisotopic (exact) mass is 353 g/mol. The molecular formula is C15H19F4NO4. The van der Waals surface area contributed by atoms with Gasteiger partial charge in [-0.05, 0) is 17.7 Å². The second-order valence-corrected chi connectivity index (χ2v) is 5.50. The molecule has 3 N–H and O–H groups in total.